The number of anilines is 1. The van der Waals surface area contributed by atoms with Gasteiger partial charge >= 0.3 is 0 Å². The van der Waals surface area contributed by atoms with Crippen LogP contribution in [0.3, 0.4) is 0 Å². The van der Waals surface area contributed by atoms with Crippen molar-refractivity contribution in [3.05, 3.63) is 59.7 Å². The van der Waals surface area contributed by atoms with Crippen LogP contribution in [0.4, 0.5) is 5.13 Å². The molecule has 1 aromatic carbocycles. The van der Waals surface area contributed by atoms with E-state index in [1.807, 2.05) is 30.3 Å². The van der Waals surface area contributed by atoms with Crippen molar-refractivity contribution in [1.29, 1.82) is 0 Å². The molecule has 3 aromatic rings. The summed E-state index contributed by atoms with van der Waals surface area (Å²) in [6.07, 6.45) is 1.57. The molecular weight excluding hydrogens is 366 g/mol. The highest BCUT2D eigenvalue weighted by Crippen LogP contribution is 2.25. The van der Waals surface area contributed by atoms with Gasteiger partial charge in [0.15, 0.2) is 10.9 Å². The van der Waals surface area contributed by atoms with Gasteiger partial charge in [-0.05, 0) is 17.7 Å². The van der Waals surface area contributed by atoms with Crippen LogP contribution < -0.4 is 5.32 Å². The largest absolute Gasteiger partial charge is 0.463 e. The molecule has 0 spiro atoms. The molecule has 0 aliphatic carbocycles. The minimum Gasteiger partial charge on any atom is -0.463 e. The third-order valence-electron chi connectivity index (χ3n) is 4.20. The molecule has 7 nitrogen and oxygen atoms in total. The van der Waals surface area contributed by atoms with Crippen LogP contribution in [0.1, 0.15) is 5.56 Å². The molecule has 1 fully saturated rings. The summed E-state index contributed by atoms with van der Waals surface area (Å²) in [5.74, 6) is 0.105. The molecule has 0 bridgehead atoms. The standard InChI is InChI=1S/C19H17N3O4S/c23-17-11-25-10-15(22(17)9-13-5-2-1-3-6-13)18(24)21-19-20-14(12-27-19)16-7-4-8-26-16/h1-8,12,15H,9-11H2,(H,20,21,24). The van der Waals surface area contributed by atoms with E-state index >= 15 is 0 Å². The Hall–Kier alpha value is -2.97. The molecule has 3 heterocycles. The molecule has 1 unspecified atom stereocenters. The highest BCUT2D eigenvalue weighted by atomic mass is 32.1. The number of morpholine rings is 1. The zero-order valence-corrected chi connectivity index (χ0v) is 15.1. The van der Waals surface area contributed by atoms with Gasteiger partial charge in [0, 0.05) is 11.9 Å². The van der Waals surface area contributed by atoms with E-state index in [2.05, 4.69) is 10.3 Å². The molecular formula is C19H17N3O4S. The van der Waals surface area contributed by atoms with Crippen LogP contribution in [-0.2, 0) is 20.9 Å². The zero-order chi connectivity index (χ0) is 18.6. The van der Waals surface area contributed by atoms with Gasteiger partial charge < -0.3 is 19.4 Å². The fourth-order valence-corrected chi connectivity index (χ4v) is 3.56. The first-order valence-corrected chi connectivity index (χ1v) is 9.30. The van der Waals surface area contributed by atoms with E-state index < -0.39 is 6.04 Å². The Balaban J connectivity index is 1.48. The van der Waals surface area contributed by atoms with Crippen LogP contribution in [-0.4, -0.2) is 41.0 Å². The van der Waals surface area contributed by atoms with E-state index in [4.69, 9.17) is 9.15 Å². The number of amides is 2. The molecule has 1 aliphatic rings. The van der Waals surface area contributed by atoms with E-state index in [0.29, 0.717) is 23.1 Å². The fourth-order valence-electron chi connectivity index (χ4n) is 2.86. The van der Waals surface area contributed by atoms with Crippen molar-refractivity contribution in [3.8, 4) is 11.5 Å². The predicted octanol–water partition coefficient (Wildman–Crippen LogP) is 2.77. The van der Waals surface area contributed by atoms with Crippen molar-refractivity contribution >= 4 is 28.3 Å². The number of benzene rings is 1. The summed E-state index contributed by atoms with van der Waals surface area (Å²) >= 11 is 1.30. The summed E-state index contributed by atoms with van der Waals surface area (Å²) in [5.41, 5.74) is 1.61. The maximum absolute atomic E-state index is 12.8. The second-order valence-corrected chi connectivity index (χ2v) is 6.90. The first-order valence-electron chi connectivity index (χ1n) is 8.42. The van der Waals surface area contributed by atoms with Crippen LogP contribution in [0.5, 0.6) is 0 Å². The molecule has 1 N–H and O–H groups in total. The summed E-state index contributed by atoms with van der Waals surface area (Å²) < 4.78 is 10.6. The van der Waals surface area contributed by atoms with E-state index in [-0.39, 0.29) is 25.0 Å². The Morgan fingerprint density at radius 2 is 2.11 bits per heavy atom. The molecule has 2 amide bonds. The topological polar surface area (TPSA) is 84.7 Å². The molecule has 0 radical (unpaired) electrons. The van der Waals surface area contributed by atoms with Crippen molar-refractivity contribution in [2.24, 2.45) is 0 Å². The SMILES string of the molecule is O=C(Nc1nc(-c2ccco2)cs1)C1COCC(=O)N1Cc1ccccc1. The van der Waals surface area contributed by atoms with Crippen LogP contribution in [0.25, 0.3) is 11.5 Å². The van der Waals surface area contributed by atoms with Crippen molar-refractivity contribution in [2.75, 3.05) is 18.5 Å². The molecule has 8 heteroatoms. The monoisotopic (exact) mass is 383 g/mol. The lowest BCUT2D eigenvalue weighted by Crippen LogP contribution is -2.54. The maximum atomic E-state index is 12.8. The van der Waals surface area contributed by atoms with Crippen molar-refractivity contribution < 1.29 is 18.7 Å². The van der Waals surface area contributed by atoms with Gasteiger partial charge in [-0.2, -0.15) is 0 Å². The third-order valence-corrected chi connectivity index (χ3v) is 4.96. The third kappa shape index (κ3) is 3.91. The highest BCUT2D eigenvalue weighted by molar-refractivity contribution is 7.14. The first-order chi connectivity index (χ1) is 13.2. The summed E-state index contributed by atoms with van der Waals surface area (Å²) in [7, 11) is 0. The molecule has 4 rings (SSSR count). The van der Waals surface area contributed by atoms with Gasteiger partial charge in [-0.3, -0.25) is 9.59 Å². The van der Waals surface area contributed by atoms with E-state index in [9.17, 15) is 9.59 Å². The molecule has 27 heavy (non-hydrogen) atoms. The van der Waals surface area contributed by atoms with Crippen molar-refractivity contribution in [1.82, 2.24) is 9.88 Å². The zero-order valence-electron chi connectivity index (χ0n) is 14.3. The van der Waals surface area contributed by atoms with Gasteiger partial charge in [0.2, 0.25) is 5.91 Å². The summed E-state index contributed by atoms with van der Waals surface area (Å²) in [6.45, 7) is 0.494. The van der Waals surface area contributed by atoms with Gasteiger partial charge in [-0.1, -0.05) is 30.3 Å². The van der Waals surface area contributed by atoms with Crippen LogP contribution in [0, 0.1) is 0 Å². The number of hydrogen-bond acceptors (Lipinski definition) is 6. The number of ether oxygens (including phenoxy) is 1. The minimum absolute atomic E-state index is 0.0174. The van der Waals surface area contributed by atoms with Crippen molar-refractivity contribution in [3.63, 3.8) is 0 Å². The molecule has 138 valence electrons. The van der Waals surface area contributed by atoms with Gasteiger partial charge in [0.25, 0.3) is 5.91 Å². The number of carbonyl (C=O) groups excluding carboxylic acids is 2. The molecule has 1 atom stereocenters. The van der Waals surface area contributed by atoms with Crippen LogP contribution in [0.15, 0.2) is 58.5 Å². The quantitative estimate of drug-likeness (QED) is 0.732. The lowest BCUT2D eigenvalue weighted by molar-refractivity contribution is -0.154. The number of nitrogens with zero attached hydrogens (tertiary/aromatic N) is 2. The average molecular weight is 383 g/mol. The normalized spacial score (nSPS) is 17.1. The molecule has 2 aromatic heterocycles. The van der Waals surface area contributed by atoms with E-state index in [1.165, 1.54) is 11.3 Å². The lowest BCUT2D eigenvalue weighted by Gasteiger charge is -2.34. The Labute approximate surface area is 159 Å². The van der Waals surface area contributed by atoms with E-state index in [1.54, 1.807) is 28.7 Å². The minimum atomic E-state index is -0.706. The lowest BCUT2D eigenvalue weighted by atomic mass is 10.1. The maximum Gasteiger partial charge on any atom is 0.251 e. The van der Waals surface area contributed by atoms with Gasteiger partial charge in [-0.15, -0.1) is 11.3 Å². The Bertz CT molecular complexity index is 924. The van der Waals surface area contributed by atoms with Crippen molar-refractivity contribution in [2.45, 2.75) is 12.6 Å². The molecule has 1 saturated heterocycles. The summed E-state index contributed by atoms with van der Waals surface area (Å²) in [4.78, 5) is 31.0. The van der Waals surface area contributed by atoms with Crippen LogP contribution in [0.2, 0.25) is 0 Å². The highest BCUT2D eigenvalue weighted by Gasteiger charge is 2.34. The fraction of sp³-hybridized carbons (Fsp3) is 0.211. The number of hydrogen-bond donors (Lipinski definition) is 1. The molecule has 1 aliphatic heterocycles. The number of nitrogens with one attached hydrogen (secondary N) is 1. The molecule has 0 saturated carbocycles. The first kappa shape index (κ1) is 17.4. The number of thiazole rings is 1. The average Bonchev–Trinajstić information content (AvgIpc) is 3.36. The number of furan rings is 1. The second-order valence-electron chi connectivity index (χ2n) is 6.04. The Morgan fingerprint density at radius 3 is 2.89 bits per heavy atom. The van der Waals surface area contributed by atoms with E-state index in [0.717, 1.165) is 5.56 Å². The predicted molar refractivity (Wildman–Crippen MR) is 100 cm³/mol. The number of aromatic nitrogens is 1. The number of carbonyl (C=O) groups is 2. The van der Waals surface area contributed by atoms with Gasteiger partial charge in [0.1, 0.15) is 18.3 Å². The number of rotatable bonds is 5. The van der Waals surface area contributed by atoms with Crippen LogP contribution >= 0.6 is 11.3 Å². The second kappa shape index (κ2) is 7.73. The van der Waals surface area contributed by atoms with Gasteiger partial charge in [0.05, 0.1) is 12.9 Å². The summed E-state index contributed by atoms with van der Waals surface area (Å²) in [6, 6.07) is 12.4. The Morgan fingerprint density at radius 1 is 1.26 bits per heavy atom. The van der Waals surface area contributed by atoms with Gasteiger partial charge in [-0.25, -0.2) is 4.98 Å². The summed E-state index contributed by atoms with van der Waals surface area (Å²) in [5, 5.41) is 5.04. The smallest absolute Gasteiger partial charge is 0.251 e. The Kier molecular flexibility index (Phi) is 4.99.